The third-order valence-electron chi connectivity index (χ3n) is 3.06. The minimum atomic E-state index is -0.247. The predicted octanol–water partition coefficient (Wildman–Crippen LogP) is 3.02. The molecular formula is C18H18N2O2. The molecule has 0 atom stereocenters. The van der Waals surface area contributed by atoms with Gasteiger partial charge in [0.2, 0.25) is 0 Å². The Morgan fingerprint density at radius 2 is 1.59 bits per heavy atom. The second-order valence-corrected chi connectivity index (χ2v) is 5.01. The number of carbonyl (C=O) groups excluding carboxylic acids is 2. The van der Waals surface area contributed by atoms with Gasteiger partial charge in [-0.15, -0.1) is 0 Å². The number of ketones is 1. The van der Waals surface area contributed by atoms with Crippen molar-refractivity contribution >= 4 is 11.7 Å². The van der Waals surface area contributed by atoms with Crippen LogP contribution in [0.3, 0.4) is 0 Å². The first-order valence-corrected chi connectivity index (χ1v) is 6.97. The molecule has 0 radical (unpaired) electrons. The smallest absolute Gasteiger partial charge is 0.269 e. The second-order valence-electron chi connectivity index (χ2n) is 5.01. The zero-order chi connectivity index (χ0) is 15.9. The zero-order valence-electron chi connectivity index (χ0n) is 12.6. The highest BCUT2D eigenvalue weighted by Gasteiger charge is 2.06. The summed E-state index contributed by atoms with van der Waals surface area (Å²) in [6.07, 6.45) is 1.45. The van der Waals surface area contributed by atoms with Crippen LogP contribution in [0.15, 0.2) is 66.4 Å². The summed E-state index contributed by atoms with van der Waals surface area (Å²) < 4.78 is 0. The fraction of sp³-hybridized carbons (Fsp3) is 0.111. The van der Waals surface area contributed by atoms with Gasteiger partial charge >= 0.3 is 0 Å². The second kappa shape index (κ2) is 7.22. The van der Waals surface area contributed by atoms with Crippen molar-refractivity contribution in [2.45, 2.75) is 13.8 Å². The summed E-state index contributed by atoms with van der Waals surface area (Å²) in [5, 5.41) is 0. The Morgan fingerprint density at radius 1 is 0.909 bits per heavy atom. The molecule has 112 valence electrons. The maximum atomic E-state index is 12.0. The van der Waals surface area contributed by atoms with Gasteiger partial charge in [-0.1, -0.05) is 48.0 Å². The molecule has 2 rings (SSSR count). The summed E-state index contributed by atoms with van der Waals surface area (Å²) in [5.74, 6) is -0.362. The predicted molar refractivity (Wildman–Crippen MR) is 86.3 cm³/mol. The van der Waals surface area contributed by atoms with E-state index in [4.69, 9.17) is 0 Å². The zero-order valence-corrected chi connectivity index (χ0v) is 12.6. The van der Waals surface area contributed by atoms with Crippen molar-refractivity contribution < 1.29 is 9.59 Å². The van der Waals surface area contributed by atoms with Crippen LogP contribution in [0.4, 0.5) is 0 Å². The molecule has 0 aromatic heterocycles. The first-order valence-electron chi connectivity index (χ1n) is 6.97. The summed E-state index contributed by atoms with van der Waals surface area (Å²) in [5.41, 5.74) is 8.06. The quantitative estimate of drug-likeness (QED) is 0.506. The van der Waals surface area contributed by atoms with Crippen LogP contribution in [-0.4, -0.2) is 11.7 Å². The first-order chi connectivity index (χ1) is 10.6. The van der Waals surface area contributed by atoms with E-state index in [2.05, 4.69) is 10.9 Å². The molecule has 2 aromatic carbocycles. The van der Waals surface area contributed by atoms with Gasteiger partial charge in [-0.3, -0.25) is 15.0 Å². The maximum absolute atomic E-state index is 12.0. The van der Waals surface area contributed by atoms with Crippen LogP contribution in [0, 0.1) is 6.92 Å². The number of nitrogens with one attached hydrogen (secondary N) is 2. The molecule has 2 aromatic rings. The van der Waals surface area contributed by atoms with E-state index in [1.165, 1.54) is 6.08 Å². The van der Waals surface area contributed by atoms with Crippen molar-refractivity contribution in [3.05, 3.63) is 83.1 Å². The molecule has 0 saturated heterocycles. The molecule has 4 heteroatoms. The van der Waals surface area contributed by atoms with Gasteiger partial charge in [0.1, 0.15) is 0 Å². The highest BCUT2D eigenvalue weighted by Crippen LogP contribution is 2.04. The minimum Gasteiger partial charge on any atom is -0.303 e. The van der Waals surface area contributed by atoms with E-state index in [0.717, 1.165) is 5.56 Å². The SMILES string of the molecule is C/C(=C/C(=O)c1ccccc1)NNC(=O)c1cccc(C)c1. The fourth-order valence-corrected chi connectivity index (χ4v) is 1.93. The number of carbonyl (C=O) groups is 2. The van der Waals surface area contributed by atoms with Gasteiger partial charge in [0.25, 0.3) is 5.91 Å². The summed E-state index contributed by atoms with van der Waals surface area (Å²) in [6.45, 7) is 3.64. The number of hydrogen-bond donors (Lipinski definition) is 2. The maximum Gasteiger partial charge on any atom is 0.269 e. The van der Waals surface area contributed by atoms with E-state index in [-0.39, 0.29) is 11.7 Å². The van der Waals surface area contributed by atoms with E-state index >= 15 is 0 Å². The standard InChI is InChI=1S/C18H18N2O2/c1-13-7-6-10-16(11-13)18(22)20-19-14(2)12-17(21)15-8-4-3-5-9-15/h3-12,19H,1-2H3,(H,20,22)/b14-12-. The van der Waals surface area contributed by atoms with Gasteiger partial charge in [0, 0.05) is 22.9 Å². The van der Waals surface area contributed by atoms with E-state index in [9.17, 15) is 9.59 Å². The van der Waals surface area contributed by atoms with E-state index in [0.29, 0.717) is 16.8 Å². The summed E-state index contributed by atoms with van der Waals surface area (Å²) in [4.78, 5) is 24.0. The molecule has 4 nitrogen and oxygen atoms in total. The number of aryl methyl sites for hydroxylation is 1. The molecule has 0 aliphatic heterocycles. The monoisotopic (exact) mass is 294 g/mol. The van der Waals surface area contributed by atoms with Crippen LogP contribution in [0.5, 0.6) is 0 Å². The van der Waals surface area contributed by atoms with Gasteiger partial charge < -0.3 is 5.43 Å². The molecular weight excluding hydrogens is 276 g/mol. The largest absolute Gasteiger partial charge is 0.303 e. The van der Waals surface area contributed by atoms with Crippen LogP contribution in [-0.2, 0) is 0 Å². The molecule has 1 amide bonds. The van der Waals surface area contributed by atoms with E-state index in [1.54, 1.807) is 31.2 Å². The van der Waals surface area contributed by atoms with Gasteiger partial charge in [-0.25, -0.2) is 0 Å². The average Bonchev–Trinajstić information content (AvgIpc) is 2.53. The third kappa shape index (κ3) is 4.31. The highest BCUT2D eigenvalue weighted by molar-refractivity contribution is 6.04. The Hall–Kier alpha value is -2.88. The summed E-state index contributed by atoms with van der Waals surface area (Å²) >= 11 is 0. The van der Waals surface area contributed by atoms with Gasteiger partial charge in [0.15, 0.2) is 5.78 Å². The molecule has 0 saturated carbocycles. The number of hydrazine groups is 1. The summed E-state index contributed by atoms with van der Waals surface area (Å²) in [7, 11) is 0. The van der Waals surface area contributed by atoms with Gasteiger partial charge in [0.05, 0.1) is 0 Å². The van der Waals surface area contributed by atoms with E-state index in [1.807, 2.05) is 37.3 Å². The van der Waals surface area contributed by atoms with Crippen molar-refractivity contribution in [2.24, 2.45) is 0 Å². The number of allylic oxidation sites excluding steroid dienone is 2. The van der Waals surface area contributed by atoms with Crippen LogP contribution in [0.1, 0.15) is 33.2 Å². The molecule has 0 bridgehead atoms. The van der Waals surface area contributed by atoms with Crippen LogP contribution in [0.2, 0.25) is 0 Å². The molecule has 0 aliphatic rings. The highest BCUT2D eigenvalue weighted by atomic mass is 16.2. The molecule has 0 heterocycles. The van der Waals surface area contributed by atoms with E-state index < -0.39 is 0 Å². The lowest BCUT2D eigenvalue weighted by Crippen LogP contribution is -2.36. The number of benzene rings is 2. The van der Waals surface area contributed by atoms with Crippen molar-refractivity contribution in [3.63, 3.8) is 0 Å². The fourth-order valence-electron chi connectivity index (χ4n) is 1.93. The molecule has 0 unspecified atom stereocenters. The lowest BCUT2D eigenvalue weighted by Gasteiger charge is -2.09. The molecule has 0 aliphatic carbocycles. The Morgan fingerprint density at radius 3 is 2.27 bits per heavy atom. The molecule has 22 heavy (non-hydrogen) atoms. The Bertz CT molecular complexity index is 706. The lowest BCUT2D eigenvalue weighted by molar-refractivity contribution is 0.0936. The van der Waals surface area contributed by atoms with Crippen molar-refractivity contribution in [2.75, 3.05) is 0 Å². The third-order valence-corrected chi connectivity index (χ3v) is 3.06. The number of hydrogen-bond acceptors (Lipinski definition) is 3. The van der Waals surface area contributed by atoms with Gasteiger partial charge in [-0.05, 0) is 26.0 Å². The minimum absolute atomic E-state index is 0.115. The average molecular weight is 294 g/mol. The normalized spacial score (nSPS) is 10.9. The van der Waals surface area contributed by atoms with Gasteiger partial charge in [-0.2, -0.15) is 0 Å². The lowest BCUT2D eigenvalue weighted by atomic mass is 10.1. The Labute approximate surface area is 129 Å². The first kappa shape index (κ1) is 15.5. The summed E-state index contributed by atoms with van der Waals surface area (Å²) in [6, 6.07) is 16.2. The van der Waals surface area contributed by atoms with Crippen molar-refractivity contribution in [1.82, 2.24) is 10.9 Å². The van der Waals surface area contributed by atoms with Crippen molar-refractivity contribution in [1.29, 1.82) is 0 Å². The molecule has 0 spiro atoms. The Kier molecular flexibility index (Phi) is 5.09. The Balaban J connectivity index is 1.95. The van der Waals surface area contributed by atoms with Crippen LogP contribution < -0.4 is 10.9 Å². The topological polar surface area (TPSA) is 58.2 Å². The van der Waals surface area contributed by atoms with Crippen LogP contribution in [0.25, 0.3) is 0 Å². The van der Waals surface area contributed by atoms with Crippen molar-refractivity contribution in [3.8, 4) is 0 Å². The number of rotatable bonds is 5. The van der Waals surface area contributed by atoms with Crippen LogP contribution >= 0.6 is 0 Å². The molecule has 2 N–H and O–H groups in total. The number of amides is 1. The molecule has 0 fully saturated rings.